The van der Waals surface area contributed by atoms with Crippen LogP contribution < -0.4 is 5.32 Å². The third-order valence-corrected chi connectivity index (χ3v) is 6.36. The summed E-state index contributed by atoms with van der Waals surface area (Å²) in [7, 11) is -3.47. The van der Waals surface area contributed by atoms with Gasteiger partial charge in [-0.15, -0.1) is 0 Å². The number of nitrogens with zero attached hydrogens (tertiary/aromatic N) is 3. The highest BCUT2D eigenvalue weighted by atomic mass is 35.5. The first kappa shape index (κ1) is 20.8. The van der Waals surface area contributed by atoms with Crippen LogP contribution in [0.1, 0.15) is 24.3 Å². The number of carbonyl (C=O) groups excluding carboxylic acids is 1. The summed E-state index contributed by atoms with van der Waals surface area (Å²) in [5.74, 6) is -0.604. The van der Waals surface area contributed by atoms with E-state index in [1.807, 2.05) is 19.9 Å². The topological polar surface area (TPSA) is 93.5 Å². The lowest BCUT2D eigenvalue weighted by molar-refractivity contribution is -0.0440. The molecule has 0 aliphatic carbocycles. The number of carbonyl (C=O) groups is 1. The van der Waals surface area contributed by atoms with Crippen molar-refractivity contribution in [3.05, 3.63) is 47.2 Å². The van der Waals surface area contributed by atoms with Gasteiger partial charge in [0.2, 0.25) is 10.0 Å². The van der Waals surface area contributed by atoms with E-state index in [4.69, 9.17) is 16.3 Å². The van der Waals surface area contributed by atoms with Gasteiger partial charge in [0.15, 0.2) is 5.69 Å². The largest absolute Gasteiger partial charge is 0.373 e. The number of halogens is 1. The molecule has 152 valence electrons. The highest BCUT2D eigenvalue weighted by Gasteiger charge is 2.30. The molecule has 1 aromatic carbocycles. The van der Waals surface area contributed by atoms with Crippen molar-refractivity contribution in [2.24, 2.45) is 0 Å². The average Bonchev–Trinajstić information content (AvgIpc) is 3.11. The van der Waals surface area contributed by atoms with Gasteiger partial charge in [-0.1, -0.05) is 17.7 Å². The first-order valence-electron chi connectivity index (χ1n) is 8.98. The molecule has 8 nitrogen and oxygen atoms in total. The number of sulfonamides is 1. The quantitative estimate of drug-likeness (QED) is 0.758. The maximum atomic E-state index is 12.5. The molecule has 0 radical (unpaired) electrons. The lowest BCUT2D eigenvalue weighted by Gasteiger charge is -2.34. The predicted octanol–water partition coefficient (Wildman–Crippen LogP) is 1.69. The highest BCUT2D eigenvalue weighted by Crippen LogP contribution is 2.15. The maximum Gasteiger partial charge on any atom is 0.271 e. The van der Waals surface area contributed by atoms with Crippen molar-refractivity contribution in [3.63, 3.8) is 0 Å². The molecule has 28 heavy (non-hydrogen) atoms. The van der Waals surface area contributed by atoms with Crippen molar-refractivity contribution in [3.8, 4) is 5.69 Å². The van der Waals surface area contributed by atoms with Crippen molar-refractivity contribution in [2.75, 3.05) is 25.4 Å². The second-order valence-electron chi connectivity index (χ2n) is 6.77. The molecule has 1 aromatic heterocycles. The Morgan fingerprint density at radius 1 is 1.29 bits per heavy atom. The summed E-state index contributed by atoms with van der Waals surface area (Å²) in [5.41, 5.74) is 0.927. The third-order valence-electron chi connectivity index (χ3n) is 4.32. The second-order valence-corrected chi connectivity index (χ2v) is 9.30. The Bertz CT molecular complexity index is 937. The number of rotatable bonds is 6. The van der Waals surface area contributed by atoms with Gasteiger partial charge in [-0.3, -0.25) is 4.79 Å². The zero-order valence-corrected chi connectivity index (χ0v) is 17.3. The zero-order chi connectivity index (χ0) is 20.3. The van der Waals surface area contributed by atoms with Crippen LogP contribution in [0.4, 0.5) is 0 Å². The number of amides is 1. The fourth-order valence-electron chi connectivity index (χ4n) is 3.08. The standard InChI is InChI=1S/C18H23ClN4O4S/c1-13-11-22(12-14(2)27-13)28(25,26)9-7-20-18(24)17-6-8-23(21-17)16-5-3-4-15(19)10-16/h3-6,8,10,13-14H,7,9,11-12H2,1-2H3,(H,20,24). The molecule has 1 saturated heterocycles. The van der Waals surface area contributed by atoms with Gasteiger partial charge in [0.1, 0.15) is 0 Å². The Kier molecular flexibility index (Phi) is 6.39. The van der Waals surface area contributed by atoms with Gasteiger partial charge < -0.3 is 10.1 Å². The Morgan fingerprint density at radius 2 is 2.00 bits per heavy atom. The smallest absolute Gasteiger partial charge is 0.271 e. The summed E-state index contributed by atoms with van der Waals surface area (Å²) in [6.07, 6.45) is 1.35. The number of morpholine rings is 1. The number of benzene rings is 1. The Hall–Kier alpha value is -1.94. The van der Waals surface area contributed by atoms with E-state index < -0.39 is 15.9 Å². The van der Waals surface area contributed by atoms with E-state index in [0.29, 0.717) is 18.1 Å². The van der Waals surface area contributed by atoms with Gasteiger partial charge in [-0.25, -0.2) is 13.1 Å². The Balaban J connectivity index is 1.56. The minimum absolute atomic E-state index is 0.00527. The molecular weight excluding hydrogens is 404 g/mol. The molecule has 1 amide bonds. The van der Waals surface area contributed by atoms with Crippen LogP contribution in [0.2, 0.25) is 5.02 Å². The van der Waals surface area contributed by atoms with E-state index in [9.17, 15) is 13.2 Å². The van der Waals surface area contributed by atoms with Crippen molar-refractivity contribution in [1.82, 2.24) is 19.4 Å². The first-order chi connectivity index (χ1) is 13.2. The average molecular weight is 427 g/mol. The van der Waals surface area contributed by atoms with Gasteiger partial charge >= 0.3 is 0 Å². The fraction of sp³-hybridized carbons (Fsp3) is 0.444. The minimum Gasteiger partial charge on any atom is -0.373 e. The van der Waals surface area contributed by atoms with Crippen LogP contribution in [0, 0.1) is 0 Å². The van der Waals surface area contributed by atoms with Gasteiger partial charge in [-0.2, -0.15) is 9.40 Å². The molecule has 3 rings (SSSR count). The van der Waals surface area contributed by atoms with Crippen LogP contribution >= 0.6 is 11.6 Å². The number of aromatic nitrogens is 2. The van der Waals surface area contributed by atoms with E-state index in [-0.39, 0.29) is 30.2 Å². The molecule has 1 aliphatic rings. The lowest BCUT2D eigenvalue weighted by atomic mass is 10.3. The lowest BCUT2D eigenvalue weighted by Crippen LogP contribution is -2.49. The van der Waals surface area contributed by atoms with Gasteiger partial charge in [0.25, 0.3) is 5.91 Å². The molecular formula is C18H23ClN4O4S. The summed E-state index contributed by atoms with van der Waals surface area (Å²) in [6.45, 7) is 4.34. The van der Waals surface area contributed by atoms with Gasteiger partial charge in [-0.05, 0) is 38.1 Å². The molecule has 1 fully saturated rings. The van der Waals surface area contributed by atoms with Gasteiger partial charge in [0.05, 0.1) is 23.6 Å². The molecule has 10 heteroatoms. The van der Waals surface area contributed by atoms with E-state index in [1.165, 1.54) is 8.99 Å². The normalized spacial score (nSPS) is 20.8. The number of nitrogens with one attached hydrogen (secondary N) is 1. The maximum absolute atomic E-state index is 12.5. The van der Waals surface area contributed by atoms with E-state index in [0.717, 1.165) is 5.69 Å². The van der Waals surface area contributed by atoms with Crippen molar-refractivity contribution < 1.29 is 17.9 Å². The van der Waals surface area contributed by atoms with Crippen molar-refractivity contribution in [1.29, 1.82) is 0 Å². The third kappa shape index (κ3) is 5.11. The molecule has 0 spiro atoms. The summed E-state index contributed by atoms with van der Waals surface area (Å²) < 4.78 is 33.5. The van der Waals surface area contributed by atoms with Crippen molar-refractivity contribution in [2.45, 2.75) is 26.1 Å². The van der Waals surface area contributed by atoms with Gasteiger partial charge in [0, 0.05) is 30.9 Å². The number of ether oxygens (including phenoxy) is 1. The fourth-order valence-corrected chi connectivity index (χ4v) is 4.76. The Labute approximate surface area is 169 Å². The molecule has 1 aliphatic heterocycles. The van der Waals surface area contributed by atoms with Crippen LogP contribution in [-0.2, 0) is 14.8 Å². The monoisotopic (exact) mass is 426 g/mol. The summed E-state index contributed by atoms with van der Waals surface area (Å²) in [4.78, 5) is 12.3. The highest BCUT2D eigenvalue weighted by molar-refractivity contribution is 7.89. The number of hydrogen-bond donors (Lipinski definition) is 1. The summed E-state index contributed by atoms with van der Waals surface area (Å²) in [5, 5.41) is 7.40. The molecule has 1 N–H and O–H groups in total. The van der Waals surface area contributed by atoms with Crippen LogP contribution in [0.25, 0.3) is 5.69 Å². The van der Waals surface area contributed by atoms with Crippen LogP contribution in [-0.4, -0.2) is 66.0 Å². The minimum atomic E-state index is -3.47. The Morgan fingerprint density at radius 3 is 2.68 bits per heavy atom. The molecule has 2 atom stereocenters. The van der Waals surface area contributed by atoms with Crippen molar-refractivity contribution >= 4 is 27.5 Å². The predicted molar refractivity (Wildman–Crippen MR) is 106 cm³/mol. The van der Waals surface area contributed by atoms with E-state index in [1.54, 1.807) is 30.5 Å². The molecule has 2 aromatic rings. The molecule has 0 saturated carbocycles. The van der Waals surface area contributed by atoms with E-state index in [2.05, 4.69) is 10.4 Å². The van der Waals surface area contributed by atoms with Crippen LogP contribution in [0.15, 0.2) is 36.5 Å². The molecule has 2 heterocycles. The van der Waals surface area contributed by atoms with Crippen LogP contribution in [0.3, 0.4) is 0 Å². The van der Waals surface area contributed by atoms with E-state index >= 15 is 0 Å². The molecule has 0 bridgehead atoms. The summed E-state index contributed by atoms with van der Waals surface area (Å²) >= 11 is 5.97. The number of hydrogen-bond acceptors (Lipinski definition) is 5. The zero-order valence-electron chi connectivity index (χ0n) is 15.7. The first-order valence-corrected chi connectivity index (χ1v) is 11.0. The second kappa shape index (κ2) is 8.60. The summed E-state index contributed by atoms with van der Waals surface area (Å²) in [6, 6.07) is 8.65. The molecule has 2 unspecified atom stereocenters. The SMILES string of the molecule is CC1CN(S(=O)(=O)CCNC(=O)c2ccn(-c3cccc(Cl)c3)n2)CC(C)O1. The van der Waals surface area contributed by atoms with Crippen LogP contribution in [0.5, 0.6) is 0 Å².